The zero-order valence-electron chi connectivity index (χ0n) is 12.8. The summed E-state index contributed by atoms with van der Waals surface area (Å²) in [6.45, 7) is 4.72. The van der Waals surface area contributed by atoms with Crippen molar-refractivity contribution in [2.24, 2.45) is 5.92 Å². The molecule has 0 heterocycles. The molecule has 6 nitrogen and oxygen atoms in total. The fourth-order valence-electron chi connectivity index (χ4n) is 1.80. The molecule has 0 radical (unpaired) electrons. The van der Waals surface area contributed by atoms with Gasteiger partial charge in [-0.25, -0.2) is 12.8 Å². The van der Waals surface area contributed by atoms with Crippen LogP contribution in [0.5, 0.6) is 0 Å². The van der Waals surface area contributed by atoms with Crippen molar-refractivity contribution >= 4 is 27.3 Å². The minimum Gasteiger partial charge on any atom is -0.344 e. The van der Waals surface area contributed by atoms with E-state index in [0.29, 0.717) is 0 Å². The van der Waals surface area contributed by atoms with E-state index in [9.17, 15) is 22.4 Å². The maximum absolute atomic E-state index is 13.7. The van der Waals surface area contributed by atoms with Crippen LogP contribution in [0.3, 0.4) is 0 Å². The SMILES string of the molecule is CC(=O)NC(C(=O)Nc1cc(S(C)(=O)=O)ccc1F)C(C)C. The van der Waals surface area contributed by atoms with E-state index >= 15 is 0 Å². The molecule has 1 unspecified atom stereocenters. The number of halogens is 1. The number of hydrogen-bond donors (Lipinski definition) is 2. The monoisotopic (exact) mass is 330 g/mol. The Morgan fingerprint density at radius 1 is 1.23 bits per heavy atom. The summed E-state index contributed by atoms with van der Waals surface area (Å²) in [6, 6.07) is 2.29. The van der Waals surface area contributed by atoms with Crippen LogP contribution in [0.25, 0.3) is 0 Å². The standard InChI is InChI=1S/C14H19FN2O4S/c1-8(2)13(16-9(3)18)14(19)17-12-7-10(22(4,20)21)5-6-11(12)15/h5-8,13H,1-4H3,(H,16,18)(H,17,19). The van der Waals surface area contributed by atoms with Crippen LogP contribution >= 0.6 is 0 Å². The highest BCUT2D eigenvalue weighted by Gasteiger charge is 2.24. The van der Waals surface area contributed by atoms with E-state index in [1.165, 1.54) is 6.92 Å². The highest BCUT2D eigenvalue weighted by Crippen LogP contribution is 2.20. The summed E-state index contributed by atoms with van der Waals surface area (Å²) < 4.78 is 36.7. The Morgan fingerprint density at radius 3 is 2.27 bits per heavy atom. The lowest BCUT2D eigenvalue weighted by Crippen LogP contribution is -2.46. The molecule has 0 aliphatic carbocycles. The molecular weight excluding hydrogens is 311 g/mol. The first kappa shape index (κ1) is 18.1. The minimum absolute atomic E-state index is 0.107. The first-order valence-corrected chi connectivity index (χ1v) is 8.49. The van der Waals surface area contributed by atoms with Crippen LogP contribution in [0.1, 0.15) is 20.8 Å². The fourth-order valence-corrected chi connectivity index (χ4v) is 2.44. The third-order valence-electron chi connectivity index (χ3n) is 2.93. The van der Waals surface area contributed by atoms with Gasteiger partial charge in [0.15, 0.2) is 9.84 Å². The van der Waals surface area contributed by atoms with Gasteiger partial charge in [0, 0.05) is 13.2 Å². The van der Waals surface area contributed by atoms with E-state index in [-0.39, 0.29) is 22.4 Å². The summed E-state index contributed by atoms with van der Waals surface area (Å²) >= 11 is 0. The van der Waals surface area contributed by atoms with Crippen LogP contribution in [0, 0.1) is 11.7 Å². The van der Waals surface area contributed by atoms with Crippen LogP contribution in [0.15, 0.2) is 23.1 Å². The first-order valence-electron chi connectivity index (χ1n) is 6.60. The quantitative estimate of drug-likeness (QED) is 0.797. The van der Waals surface area contributed by atoms with Crippen LogP contribution in [0.4, 0.5) is 10.1 Å². The number of sulfone groups is 1. The molecule has 2 amide bonds. The molecular formula is C14H19FN2O4S. The smallest absolute Gasteiger partial charge is 0.247 e. The van der Waals surface area contributed by atoms with Gasteiger partial charge in [0.2, 0.25) is 11.8 Å². The Hall–Kier alpha value is -1.96. The van der Waals surface area contributed by atoms with Crippen molar-refractivity contribution in [2.75, 3.05) is 11.6 Å². The second kappa shape index (κ2) is 6.87. The number of anilines is 1. The second-order valence-electron chi connectivity index (χ2n) is 5.33. The molecule has 0 saturated carbocycles. The maximum Gasteiger partial charge on any atom is 0.247 e. The molecule has 0 aromatic heterocycles. The summed E-state index contributed by atoms with van der Waals surface area (Å²) in [5.41, 5.74) is -0.246. The van der Waals surface area contributed by atoms with Gasteiger partial charge in [-0.2, -0.15) is 0 Å². The molecule has 1 aromatic carbocycles. The zero-order valence-corrected chi connectivity index (χ0v) is 13.6. The lowest BCUT2D eigenvalue weighted by molar-refractivity contribution is -0.126. The first-order chi connectivity index (χ1) is 10.0. The molecule has 22 heavy (non-hydrogen) atoms. The van der Waals surface area contributed by atoms with Gasteiger partial charge < -0.3 is 10.6 Å². The second-order valence-corrected chi connectivity index (χ2v) is 7.34. The fraction of sp³-hybridized carbons (Fsp3) is 0.429. The van der Waals surface area contributed by atoms with Crippen LogP contribution in [-0.4, -0.2) is 32.5 Å². The van der Waals surface area contributed by atoms with Crippen LogP contribution in [0.2, 0.25) is 0 Å². The number of hydrogen-bond acceptors (Lipinski definition) is 4. The van der Waals surface area contributed by atoms with Gasteiger partial charge in [0.25, 0.3) is 0 Å². The molecule has 2 N–H and O–H groups in total. The number of carbonyl (C=O) groups excluding carboxylic acids is 2. The van der Waals surface area contributed by atoms with Gasteiger partial charge in [0.05, 0.1) is 10.6 Å². The predicted octanol–water partition coefficient (Wildman–Crippen LogP) is 1.33. The molecule has 0 aliphatic rings. The Kier molecular flexibility index (Phi) is 5.65. The molecule has 0 fully saturated rings. The van der Waals surface area contributed by atoms with E-state index in [1.54, 1.807) is 13.8 Å². The number of carbonyl (C=O) groups is 2. The van der Waals surface area contributed by atoms with Crippen molar-refractivity contribution in [3.8, 4) is 0 Å². The van der Waals surface area contributed by atoms with Gasteiger partial charge in [-0.05, 0) is 24.1 Å². The van der Waals surface area contributed by atoms with Crippen molar-refractivity contribution in [2.45, 2.75) is 31.7 Å². The van der Waals surface area contributed by atoms with Gasteiger partial charge in [-0.15, -0.1) is 0 Å². The minimum atomic E-state index is -3.52. The molecule has 0 saturated heterocycles. The van der Waals surface area contributed by atoms with Crippen LogP contribution < -0.4 is 10.6 Å². The normalized spacial score (nSPS) is 12.8. The molecule has 1 rings (SSSR count). The highest BCUT2D eigenvalue weighted by molar-refractivity contribution is 7.90. The summed E-state index contributed by atoms with van der Waals surface area (Å²) in [5.74, 6) is -1.98. The van der Waals surface area contributed by atoms with Gasteiger partial charge in [0.1, 0.15) is 11.9 Å². The molecule has 1 aromatic rings. The lowest BCUT2D eigenvalue weighted by Gasteiger charge is -2.21. The maximum atomic E-state index is 13.7. The van der Waals surface area contributed by atoms with Crippen molar-refractivity contribution in [1.29, 1.82) is 0 Å². The van der Waals surface area contributed by atoms with Gasteiger partial charge >= 0.3 is 0 Å². The molecule has 0 aliphatic heterocycles. The topological polar surface area (TPSA) is 92.3 Å². The van der Waals surface area contributed by atoms with E-state index in [4.69, 9.17) is 0 Å². The summed E-state index contributed by atoms with van der Waals surface area (Å²) in [7, 11) is -3.52. The Balaban J connectivity index is 3.07. The predicted molar refractivity (Wildman–Crippen MR) is 80.6 cm³/mol. The average Bonchev–Trinajstić information content (AvgIpc) is 2.36. The number of nitrogens with one attached hydrogen (secondary N) is 2. The third kappa shape index (κ3) is 4.80. The van der Waals surface area contributed by atoms with Crippen molar-refractivity contribution in [1.82, 2.24) is 5.32 Å². The Morgan fingerprint density at radius 2 is 1.82 bits per heavy atom. The van der Waals surface area contributed by atoms with Crippen LogP contribution in [-0.2, 0) is 19.4 Å². The zero-order chi connectivity index (χ0) is 17.1. The summed E-state index contributed by atoms with van der Waals surface area (Å²) in [4.78, 5) is 23.2. The van der Waals surface area contributed by atoms with Crippen molar-refractivity contribution < 1.29 is 22.4 Å². The van der Waals surface area contributed by atoms with Gasteiger partial charge in [-0.1, -0.05) is 13.8 Å². The van der Waals surface area contributed by atoms with E-state index < -0.39 is 27.6 Å². The average molecular weight is 330 g/mol. The Bertz CT molecular complexity index is 686. The van der Waals surface area contributed by atoms with Crippen molar-refractivity contribution in [3.05, 3.63) is 24.0 Å². The Labute approximate surface area is 129 Å². The largest absolute Gasteiger partial charge is 0.344 e. The number of amides is 2. The molecule has 0 bridgehead atoms. The summed E-state index contributed by atoms with van der Waals surface area (Å²) in [6.07, 6.45) is 0.986. The molecule has 0 spiro atoms. The third-order valence-corrected chi connectivity index (χ3v) is 4.04. The van der Waals surface area contributed by atoms with E-state index in [1.807, 2.05) is 0 Å². The molecule has 8 heteroatoms. The number of benzene rings is 1. The lowest BCUT2D eigenvalue weighted by atomic mass is 10.0. The summed E-state index contributed by atoms with van der Waals surface area (Å²) in [5, 5.41) is 4.79. The van der Waals surface area contributed by atoms with Crippen molar-refractivity contribution in [3.63, 3.8) is 0 Å². The molecule has 122 valence electrons. The van der Waals surface area contributed by atoms with E-state index in [0.717, 1.165) is 24.5 Å². The highest BCUT2D eigenvalue weighted by atomic mass is 32.2. The van der Waals surface area contributed by atoms with E-state index in [2.05, 4.69) is 10.6 Å². The van der Waals surface area contributed by atoms with Gasteiger partial charge in [-0.3, -0.25) is 9.59 Å². The molecule has 1 atom stereocenters. The number of rotatable bonds is 5.